The van der Waals surface area contributed by atoms with Gasteiger partial charge in [-0.15, -0.1) is 0 Å². The van der Waals surface area contributed by atoms with E-state index in [4.69, 9.17) is 9.47 Å². The molecule has 0 amide bonds. The molecule has 1 atom stereocenters. The molecule has 4 nitrogen and oxygen atoms in total. The predicted molar refractivity (Wildman–Crippen MR) is 74.8 cm³/mol. The summed E-state index contributed by atoms with van der Waals surface area (Å²) < 4.78 is 10.6. The Kier molecular flexibility index (Phi) is 3.84. The second-order valence-electron chi connectivity index (χ2n) is 5.91. The molecule has 108 valence electrons. The van der Waals surface area contributed by atoms with Gasteiger partial charge in [-0.2, -0.15) is 0 Å². The molecule has 1 heterocycles. The first kappa shape index (κ1) is 14.6. The lowest BCUT2D eigenvalue weighted by atomic mass is 9.90. The quantitative estimate of drug-likeness (QED) is 0.627. The Bertz CT molecular complexity index is 545. The Morgan fingerprint density at radius 3 is 2.80 bits per heavy atom. The maximum atomic E-state index is 12.0. The van der Waals surface area contributed by atoms with Crippen molar-refractivity contribution in [2.45, 2.75) is 46.5 Å². The summed E-state index contributed by atoms with van der Waals surface area (Å²) in [5.41, 5.74) is 0.444. The van der Waals surface area contributed by atoms with Gasteiger partial charge in [-0.3, -0.25) is 9.59 Å². The summed E-state index contributed by atoms with van der Waals surface area (Å²) in [4.78, 5) is 23.5. The number of carbonyl (C=O) groups is 2. The van der Waals surface area contributed by atoms with Gasteiger partial charge in [0.2, 0.25) is 0 Å². The molecule has 1 aromatic rings. The Hall–Kier alpha value is -1.84. The zero-order chi connectivity index (χ0) is 14.9. The average Bonchev–Trinajstić information content (AvgIpc) is 2.37. The highest BCUT2D eigenvalue weighted by Crippen LogP contribution is 2.36. The molecule has 1 aliphatic heterocycles. The van der Waals surface area contributed by atoms with Crippen LogP contribution in [0.25, 0.3) is 0 Å². The molecule has 1 aromatic carbocycles. The van der Waals surface area contributed by atoms with E-state index in [1.165, 1.54) is 0 Å². The lowest BCUT2D eigenvalue weighted by Crippen LogP contribution is -2.28. The van der Waals surface area contributed by atoms with Gasteiger partial charge >= 0.3 is 11.9 Å². The van der Waals surface area contributed by atoms with E-state index in [2.05, 4.69) is 0 Å². The van der Waals surface area contributed by atoms with Crippen LogP contribution in [0.15, 0.2) is 18.2 Å². The zero-order valence-electron chi connectivity index (χ0n) is 12.4. The Morgan fingerprint density at radius 2 is 2.15 bits per heavy atom. The molecule has 0 aromatic heterocycles. The van der Waals surface area contributed by atoms with Gasteiger partial charge in [-0.1, -0.05) is 19.9 Å². The smallest absolute Gasteiger partial charge is 0.316 e. The van der Waals surface area contributed by atoms with Crippen molar-refractivity contribution < 1.29 is 19.1 Å². The number of fused-ring (bicyclic) bond motifs is 1. The Balaban J connectivity index is 2.22. The van der Waals surface area contributed by atoms with E-state index in [0.717, 1.165) is 5.56 Å². The highest BCUT2D eigenvalue weighted by atomic mass is 16.5. The van der Waals surface area contributed by atoms with E-state index in [0.29, 0.717) is 24.3 Å². The number of carbonyl (C=O) groups excluding carboxylic acids is 2. The third kappa shape index (κ3) is 2.84. The van der Waals surface area contributed by atoms with Crippen LogP contribution in [-0.2, 0) is 9.59 Å². The molecular weight excluding hydrogens is 256 g/mol. The minimum absolute atomic E-state index is 0.128. The van der Waals surface area contributed by atoms with E-state index in [1.807, 2.05) is 33.8 Å². The average molecular weight is 276 g/mol. The highest BCUT2D eigenvalue weighted by molar-refractivity contribution is 5.79. The van der Waals surface area contributed by atoms with Crippen LogP contribution in [0.4, 0.5) is 0 Å². The van der Waals surface area contributed by atoms with Crippen molar-refractivity contribution in [3.05, 3.63) is 23.8 Å². The van der Waals surface area contributed by atoms with Crippen LogP contribution in [0, 0.1) is 5.41 Å². The minimum atomic E-state index is -0.528. The monoisotopic (exact) mass is 276 g/mol. The minimum Gasteiger partial charge on any atom is -0.426 e. The van der Waals surface area contributed by atoms with Crippen LogP contribution in [0.5, 0.6) is 11.5 Å². The van der Waals surface area contributed by atoms with Gasteiger partial charge in [0.05, 0.1) is 11.8 Å². The molecule has 2 rings (SSSR count). The van der Waals surface area contributed by atoms with Crippen molar-refractivity contribution in [2.75, 3.05) is 0 Å². The van der Waals surface area contributed by atoms with Crippen molar-refractivity contribution in [1.29, 1.82) is 0 Å². The van der Waals surface area contributed by atoms with Gasteiger partial charge in [-0.25, -0.2) is 0 Å². The van der Waals surface area contributed by atoms with Crippen molar-refractivity contribution in [2.24, 2.45) is 5.41 Å². The van der Waals surface area contributed by atoms with Crippen molar-refractivity contribution in [3.63, 3.8) is 0 Å². The summed E-state index contributed by atoms with van der Waals surface area (Å²) in [7, 11) is 0. The molecule has 0 saturated heterocycles. The van der Waals surface area contributed by atoms with Gasteiger partial charge in [0.15, 0.2) is 0 Å². The second-order valence-corrected chi connectivity index (χ2v) is 5.91. The predicted octanol–water partition coefficient (Wildman–Crippen LogP) is 3.44. The van der Waals surface area contributed by atoms with Gasteiger partial charge in [0.1, 0.15) is 11.5 Å². The number of esters is 2. The third-order valence-corrected chi connectivity index (χ3v) is 3.86. The number of rotatable bonds is 3. The largest absolute Gasteiger partial charge is 0.426 e. The van der Waals surface area contributed by atoms with Crippen LogP contribution in [0.1, 0.15) is 52.0 Å². The molecule has 1 aliphatic rings. The SMILES string of the molecule is CCC(C)(C)C(=O)Oc1ccc2c(c1)OC(=O)CC2C. The fraction of sp³-hybridized carbons (Fsp3) is 0.500. The number of ether oxygens (including phenoxy) is 2. The number of benzene rings is 1. The molecule has 0 bridgehead atoms. The van der Waals surface area contributed by atoms with E-state index in [1.54, 1.807) is 12.1 Å². The molecule has 1 unspecified atom stereocenters. The third-order valence-electron chi connectivity index (χ3n) is 3.86. The van der Waals surface area contributed by atoms with Crippen LogP contribution in [0.2, 0.25) is 0 Å². The molecule has 0 radical (unpaired) electrons. The van der Waals surface area contributed by atoms with Crippen molar-refractivity contribution in [1.82, 2.24) is 0 Å². The summed E-state index contributed by atoms with van der Waals surface area (Å²) in [6.45, 7) is 7.61. The fourth-order valence-corrected chi connectivity index (χ4v) is 1.99. The Labute approximate surface area is 119 Å². The topological polar surface area (TPSA) is 52.6 Å². The molecule has 0 saturated carbocycles. The number of hydrogen-bond donors (Lipinski definition) is 0. The van der Waals surface area contributed by atoms with E-state index in [9.17, 15) is 9.59 Å². The normalized spacial score (nSPS) is 18.2. The van der Waals surface area contributed by atoms with Crippen LogP contribution >= 0.6 is 0 Å². The van der Waals surface area contributed by atoms with Crippen LogP contribution < -0.4 is 9.47 Å². The van der Waals surface area contributed by atoms with E-state index >= 15 is 0 Å². The zero-order valence-corrected chi connectivity index (χ0v) is 12.4. The fourth-order valence-electron chi connectivity index (χ4n) is 1.99. The van der Waals surface area contributed by atoms with Gasteiger partial charge in [0, 0.05) is 6.07 Å². The lowest BCUT2D eigenvalue weighted by Gasteiger charge is -2.23. The molecule has 20 heavy (non-hydrogen) atoms. The molecular formula is C16H20O4. The maximum absolute atomic E-state index is 12.0. The van der Waals surface area contributed by atoms with Crippen molar-refractivity contribution >= 4 is 11.9 Å². The summed E-state index contributed by atoms with van der Waals surface area (Å²) in [6.07, 6.45) is 1.08. The van der Waals surface area contributed by atoms with Gasteiger partial charge in [0.25, 0.3) is 0 Å². The van der Waals surface area contributed by atoms with Gasteiger partial charge < -0.3 is 9.47 Å². The van der Waals surface area contributed by atoms with Gasteiger partial charge in [-0.05, 0) is 37.8 Å². The lowest BCUT2D eigenvalue weighted by molar-refractivity contribution is -0.144. The summed E-state index contributed by atoms with van der Waals surface area (Å²) >= 11 is 0. The summed E-state index contributed by atoms with van der Waals surface area (Å²) in [5, 5.41) is 0. The molecule has 0 spiro atoms. The van der Waals surface area contributed by atoms with Crippen molar-refractivity contribution in [3.8, 4) is 11.5 Å². The first-order chi connectivity index (χ1) is 9.33. The van der Waals surface area contributed by atoms with Crippen LogP contribution in [-0.4, -0.2) is 11.9 Å². The van der Waals surface area contributed by atoms with Crippen LogP contribution in [0.3, 0.4) is 0 Å². The van der Waals surface area contributed by atoms with E-state index < -0.39 is 5.41 Å². The standard InChI is InChI=1S/C16H20O4/c1-5-16(3,4)15(18)19-11-6-7-12-10(2)8-14(17)20-13(12)9-11/h6-7,9-10H,5,8H2,1-4H3. The highest BCUT2D eigenvalue weighted by Gasteiger charge is 2.29. The number of hydrogen-bond acceptors (Lipinski definition) is 4. The summed E-state index contributed by atoms with van der Waals surface area (Å²) in [6, 6.07) is 5.22. The molecule has 4 heteroatoms. The maximum Gasteiger partial charge on any atom is 0.316 e. The first-order valence-electron chi connectivity index (χ1n) is 6.90. The Morgan fingerprint density at radius 1 is 1.45 bits per heavy atom. The first-order valence-corrected chi connectivity index (χ1v) is 6.90. The van der Waals surface area contributed by atoms with E-state index in [-0.39, 0.29) is 17.9 Å². The summed E-state index contributed by atoms with van der Waals surface area (Å²) in [5.74, 6) is 0.506. The second kappa shape index (κ2) is 5.27. The molecule has 0 N–H and O–H groups in total. The molecule has 0 fully saturated rings. The molecule has 0 aliphatic carbocycles.